The molecule has 88 valence electrons. The first-order valence-electron chi connectivity index (χ1n) is 4.39. The van der Waals surface area contributed by atoms with Crippen molar-refractivity contribution in [3.8, 4) is 5.75 Å². The van der Waals surface area contributed by atoms with Gasteiger partial charge in [0, 0.05) is 6.42 Å². The van der Waals surface area contributed by atoms with Gasteiger partial charge in [-0.25, -0.2) is 4.39 Å². The minimum atomic E-state index is -1.20. The minimum absolute atomic E-state index is 0.0232. The van der Waals surface area contributed by atoms with Crippen molar-refractivity contribution in [2.45, 2.75) is 12.8 Å². The molecule has 0 spiro atoms. The highest BCUT2D eigenvalue weighted by molar-refractivity contribution is 6.30. The molecule has 0 unspecified atom stereocenters. The van der Waals surface area contributed by atoms with E-state index in [2.05, 4.69) is 4.74 Å². The van der Waals surface area contributed by atoms with Gasteiger partial charge >= 0.3 is 5.97 Å². The Balaban J connectivity index is 3.12. The lowest BCUT2D eigenvalue weighted by Gasteiger charge is -2.10. The van der Waals surface area contributed by atoms with Crippen LogP contribution in [0.25, 0.3) is 0 Å². The van der Waals surface area contributed by atoms with Crippen LogP contribution < -0.4 is 4.74 Å². The highest BCUT2D eigenvalue weighted by Gasteiger charge is 2.18. The normalized spacial score (nSPS) is 10.2. The third-order valence-electron chi connectivity index (χ3n) is 2.01. The average Bonchev–Trinajstić information content (AvgIpc) is 2.23. The smallest absolute Gasteiger partial charge is 0.303 e. The van der Waals surface area contributed by atoms with Crippen LogP contribution in [0.3, 0.4) is 0 Å². The van der Waals surface area contributed by atoms with Gasteiger partial charge in [-0.3, -0.25) is 4.79 Å². The molecular formula is C10H9ClF2O3. The molecule has 0 aromatic heterocycles. The van der Waals surface area contributed by atoms with Crippen molar-refractivity contribution in [3.05, 3.63) is 28.3 Å². The molecule has 1 N–H and O–H groups in total. The maximum atomic E-state index is 13.3. The van der Waals surface area contributed by atoms with Crippen LogP contribution in [0.2, 0.25) is 5.02 Å². The third kappa shape index (κ3) is 2.61. The Morgan fingerprint density at radius 3 is 2.62 bits per heavy atom. The van der Waals surface area contributed by atoms with Crippen LogP contribution in [0.4, 0.5) is 8.78 Å². The Labute approximate surface area is 95.6 Å². The predicted octanol–water partition coefficient (Wildman–Crippen LogP) is 2.64. The van der Waals surface area contributed by atoms with Crippen molar-refractivity contribution < 1.29 is 23.4 Å². The molecule has 0 heterocycles. The maximum absolute atomic E-state index is 13.3. The molecule has 0 aliphatic carbocycles. The van der Waals surface area contributed by atoms with E-state index in [0.29, 0.717) is 0 Å². The quantitative estimate of drug-likeness (QED) is 0.836. The van der Waals surface area contributed by atoms with E-state index in [1.54, 1.807) is 0 Å². The number of methoxy groups -OCH3 is 1. The van der Waals surface area contributed by atoms with E-state index >= 15 is 0 Å². The molecule has 0 aliphatic heterocycles. The van der Waals surface area contributed by atoms with E-state index in [9.17, 15) is 13.6 Å². The van der Waals surface area contributed by atoms with E-state index in [0.717, 1.165) is 0 Å². The highest BCUT2D eigenvalue weighted by Crippen LogP contribution is 2.31. The second kappa shape index (κ2) is 5.12. The first-order chi connectivity index (χ1) is 7.47. The van der Waals surface area contributed by atoms with Crippen LogP contribution in [-0.4, -0.2) is 18.2 Å². The predicted molar refractivity (Wildman–Crippen MR) is 53.9 cm³/mol. The fourth-order valence-electron chi connectivity index (χ4n) is 1.28. The van der Waals surface area contributed by atoms with E-state index in [1.807, 2.05) is 0 Å². The van der Waals surface area contributed by atoms with E-state index in [4.69, 9.17) is 16.7 Å². The van der Waals surface area contributed by atoms with Crippen molar-refractivity contribution in [2.75, 3.05) is 7.11 Å². The van der Waals surface area contributed by atoms with E-state index in [-0.39, 0.29) is 24.2 Å². The van der Waals surface area contributed by atoms with Gasteiger partial charge < -0.3 is 9.84 Å². The number of hydrogen-bond donors (Lipinski definition) is 1. The summed E-state index contributed by atoms with van der Waals surface area (Å²) in [4.78, 5) is 10.4. The fourth-order valence-corrected chi connectivity index (χ4v) is 1.49. The molecule has 0 saturated carbocycles. The second-order valence-corrected chi connectivity index (χ2v) is 3.48. The zero-order valence-corrected chi connectivity index (χ0v) is 9.15. The second-order valence-electron chi connectivity index (χ2n) is 3.07. The van der Waals surface area contributed by atoms with Crippen LogP contribution in [0.5, 0.6) is 5.75 Å². The maximum Gasteiger partial charge on any atom is 0.303 e. The van der Waals surface area contributed by atoms with Crippen molar-refractivity contribution in [1.82, 2.24) is 0 Å². The molecule has 3 nitrogen and oxygen atoms in total. The van der Waals surface area contributed by atoms with Crippen LogP contribution in [0.1, 0.15) is 12.0 Å². The lowest BCUT2D eigenvalue weighted by molar-refractivity contribution is -0.136. The molecule has 16 heavy (non-hydrogen) atoms. The molecule has 1 aromatic rings. The Morgan fingerprint density at radius 2 is 2.12 bits per heavy atom. The number of halogens is 3. The molecule has 0 fully saturated rings. The number of carbonyl (C=O) groups is 1. The molecule has 0 bridgehead atoms. The van der Waals surface area contributed by atoms with Crippen molar-refractivity contribution in [2.24, 2.45) is 0 Å². The monoisotopic (exact) mass is 250 g/mol. The fraction of sp³-hybridized carbons (Fsp3) is 0.300. The molecule has 1 rings (SSSR count). The summed E-state index contributed by atoms with van der Waals surface area (Å²) in [5.41, 5.74) is 0.230. The number of aliphatic carboxylic acids is 1. The van der Waals surface area contributed by atoms with Gasteiger partial charge in [0.15, 0.2) is 11.6 Å². The molecule has 0 saturated heterocycles. The summed E-state index contributed by atoms with van der Waals surface area (Å²) >= 11 is 5.45. The summed E-state index contributed by atoms with van der Waals surface area (Å²) in [5.74, 6) is -3.74. The highest BCUT2D eigenvalue weighted by atomic mass is 35.5. The Hall–Kier alpha value is -1.36. The Bertz CT molecular complexity index is 421. The molecular weight excluding hydrogens is 242 g/mol. The largest absolute Gasteiger partial charge is 0.493 e. The van der Waals surface area contributed by atoms with Gasteiger partial charge in [-0.1, -0.05) is 11.6 Å². The van der Waals surface area contributed by atoms with Crippen LogP contribution in [-0.2, 0) is 11.2 Å². The van der Waals surface area contributed by atoms with Gasteiger partial charge in [0.25, 0.3) is 0 Å². The number of rotatable bonds is 4. The third-order valence-corrected chi connectivity index (χ3v) is 2.28. The minimum Gasteiger partial charge on any atom is -0.493 e. The summed E-state index contributed by atoms with van der Waals surface area (Å²) in [6, 6.07) is 1.17. The van der Waals surface area contributed by atoms with Crippen LogP contribution >= 0.6 is 11.6 Å². The lowest BCUT2D eigenvalue weighted by atomic mass is 10.1. The number of benzene rings is 1. The van der Waals surface area contributed by atoms with E-state index in [1.165, 1.54) is 13.2 Å². The Morgan fingerprint density at radius 1 is 1.50 bits per heavy atom. The summed E-state index contributed by atoms with van der Waals surface area (Å²) in [7, 11) is 1.18. The summed E-state index contributed by atoms with van der Waals surface area (Å²) in [6.45, 7) is 0. The standard InChI is InChI=1S/C10H9ClF2O3/c1-16-10-5(2-3-7(14)15)4-6(11)8(12)9(10)13/h4H,2-3H2,1H3,(H,14,15). The molecule has 0 radical (unpaired) electrons. The number of ether oxygens (including phenoxy) is 1. The molecule has 0 atom stereocenters. The number of carboxylic acids is 1. The summed E-state index contributed by atoms with van der Waals surface area (Å²) in [5, 5.41) is 8.10. The molecule has 1 aromatic carbocycles. The first kappa shape index (κ1) is 12.7. The number of aryl methyl sites for hydroxylation is 1. The number of carboxylic acid groups (broad SMARTS) is 1. The SMILES string of the molecule is COc1c(CCC(=O)O)cc(Cl)c(F)c1F. The van der Waals surface area contributed by atoms with Gasteiger partial charge in [0.2, 0.25) is 5.82 Å². The summed E-state index contributed by atoms with van der Waals surface area (Å²) in [6.07, 6.45) is -0.187. The number of hydrogen-bond acceptors (Lipinski definition) is 2. The molecule has 6 heteroatoms. The topological polar surface area (TPSA) is 46.5 Å². The van der Waals surface area contributed by atoms with Gasteiger partial charge in [-0.05, 0) is 18.1 Å². The molecule has 0 aliphatic rings. The van der Waals surface area contributed by atoms with Gasteiger partial charge in [-0.15, -0.1) is 0 Å². The summed E-state index contributed by atoms with van der Waals surface area (Å²) < 4.78 is 31.0. The van der Waals surface area contributed by atoms with Crippen molar-refractivity contribution in [1.29, 1.82) is 0 Å². The van der Waals surface area contributed by atoms with Crippen molar-refractivity contribution >= 4 is 17.6 Å². The lowest BCUT2D eigenvalue weighted by Crippen LogP contribution is -2.03. The zero-order chi connectivity index (χ0) is 12.3. The zero-order valence-electron chi connectivity index (χ0n) is 8.39. The van der Waals surface area contributed by atoms with Crippen molar-refractivity contribution in [3.63, 3.8) is 0 Å². The van der Waals surface area contributed by atoms with Gasteiger partial charge in [-0.2, -0.15) is 4.39 Å². The molecule has 0 amide bonds. The average molecular weight is 251 g/mol. The van der Waals surface area contributed by atoms with Gasteiger partial charge in [0.1, 0.15) is 0 Å². The van der Waals surface area contributed by atoms with Gasteiger partial charge in [0.05, 0.1) is 12.1 Å². The Kier molecular flexibility index (Phi) is 4.06. The van der Waals surface area contributed by atoms with Crippen LogP contribution in [0.15, 0.2) is 6.07 Å². The van der Waals surface area contributed by atoms with E-state index < -0.39 is 22.6 Å². The van der Waals surface area contributed by atoms with Crippen LogP contribution in [0, 0.1) is 11.6 Å². The first-order valence-corrected chi connectivity index (χ1v) is 4.77.